The zero-order valence-electron chi connectivity index (χ0n) is 19.8. The van der Waals surface area contributed by atoms with Crippen molar-refractivity contribution >= 4 is 0 Å². The zero-order chi connectivity index (χ0) is 21.3. The van der Waals surface area contributed by atoms with E-state index in [9.17, 15) is 0 Å². The van der Waals surface area contributed by atoms with Crippen molar-refractivity contribution < 1.29 is 9.47 Å². The maximum Gasteiger partial charge on any atom is 0.123 e. The van der Waals surface area contributed by atoms with E-state index in [1.807, 2.05) is 0 Å². The van der Waals surface area contributed by atoms with Gasteiger partial charge in [-0.15, -0.1) is 0 Å². The summed E-state index contributed by atoms with van der Waals surface area (Å²) in [6, 6.07) is 8.60. The van der Waals surface area contributed by atoms with Crippen LogP contribution in [0.25, 0.3) is 0 Å². The first-order valence-corrected chi connectivity index (χ1v) is 12.7. The Labute approximate surface area is 186 Å². The SMILES string of the molecule is C/C=C/CCCCCCCCCCCCCCCc1cccc(OCC2(C)CO2)c1. The second-order valence-electron chi connectivity index (χ2n) is 9.38. The molecule has 2 nitrogen and oxygen atoms in total. The van der Waals surface area contributed by atoms with E-state index in [4.69, 9.17) is 9.47 Å². The normalized spacial score (nSPS) is 18.2. The maximum atomic E-state index is 5.88. The number of rotatable bonds is 19. The molecular weight excluding hydrogens is 368 g/mol. The third kappa shape index (κ3) is 12.4. The molecule has 30 heavy (non-hydrogen) atoms. The maximum absolute atomic E-state index is 5.88. The summed E-state index contributed by atoms with van der Waals surface area (Å²) in [7, 11) is 0. The van der Waals surface area contributed by atoms with Gasteiger partial charge in [-0.1, -0.05) is 94.9 Å². The quantitative estimate of drug-likeness (QED) is 0.129. The van der Waals surface area contributed by atoms with Gasteiger partial charge in [0, 0.05) is 0 Å². The van der Waals surface area contributed by atoms with E-state index in [1.54, 1.807) is 0 Å². The van der Waals surface area contributed by atoms with Crippen LogP contribution in [-0.2, 0) is 11.2 Å². The van der Waals surface area contributed by atoms with E-state index in [-0.39, 0.29) is 5.60 Å². The minimum absolute atomic E-state index is 0.0398. The Hall–Kier alpha value is -1.28. The molecule has 0 bridgehead atoms. The van der Waals surface area contributed by atoms with Crippen LogP contribution >= 0.6 is 0 Å². The molecule has 1 heterocycles. The highest BCUT2D eigenvalue weighted by atomic mass is 16.6. The predicted molar refractivity (Wildman–Crippen MR) is 129 cm³/mol. The number of hydrogen-bond donors (Lipinski definition) is 0. The zero-order valence-corrected chi connectivity index (χ0v) is 19.8. The van der Waals surface area contributed by atoms with Gasteiger partial charge in [0.15, 0.2) is 0 Å². The molecule has 1 aliphatic heterocycles. The van der Waals surface area contributed by atoms with Crippen molar-refractivity contribution in [3.63, 3.8) is 0 Å². The Morgan fingerprint density at radius 3 is 2.00 bits per heavy atom. The minimum Gasteiger partial charge on any atom is -0.490 e. The van der Waals surface area contributed by atoms with Crippen molar-refractivity contribution in [3.8, 4) is 5.75 Å². The fourth-order valence-electron chi connectivity index (χ4n) is 3.94. The summed E-state index contributed by atoms with van der Waals surface area (Å²) < 4.78 is 11.3. The molecule has 1 fully saturated rings. The van der Waals surface area contributed by atoms with Gasteiger partial charge < -0.3 is 9.47 Å². The molecule has 2 rings (SSSR count). The van der Waals surface area contributed by atoms with E-state index < -0.39 is 0 Å². The van der Waals surface area contributed by atoms with Crippen LogP contribution in [0.4, 0.5) is 0 Å². The lowest BCUT2D eigenvalue weighted by Crippen LogP contribution is -2.16. The van der Waals surface area contributed by atoms with E-state index >= 15 is 0 Å². The van der Waals surface area contributed by atoms with Gasteiger partial charge in [0.2, 0.25) is 0 Å². The second kappa shape index (κ2) is 15.5. The first kappa shape index (κ1) is 25.0. The fourth-order valence-corrected chi connectivity index (χ4v) is 3.94. The Balaban J connectivity index is 1.35. The molecule has 1 unspecified atom stereocenters. The Bertz CT molecular complexity index is 574. The molecule has 1 saturated heterocycles. The minimum atomic E-state index is -0.0398. The summed E-state index contributed by atoms with van der Waals surface area (Å²) >= 11 is 0. The molecule has 2 heteroatoms. The molecule has 170 valence electrons. The van der Waals surface area contributed by atoms with E-state index in [2.05, 4.69) is 50.3 Å². The van der Waals surface area contributed by atoms with Crippen LogP contribution in [0.1, 0.15) is 109 Å². The lowest BCUT2D eigenvalue weighted by molar-refractivity contribution is 0.202. The van der Waals surface area contributed by atoms with Crippen LogP contribution in [-0.4, -0.2) is 18.8 Å². The summed E-state index contributed by atoms with van der Waals surface area (Å²) in [6.07, 6.45) is 25.2. The Morgan fingerprint density at radius 1 is 0.867 bits per heavy atom. The van der Waals surface area contributed by atoms with Gasteiger partial charge in [0.25, 0.3) is 0 Å². The molecule has 1 aromatic rings. The van der Waals surface area contributed by atoms with Crippen molar-refractivity contribution in [3.05, 3.63) is 42.0 Å². The Kier molecular flexibility index (Phi) is 12.9. The van der Waals surface area contributed by atoms with Gasteiger partial charge in [-0.2, -0.15) is 0 Å². The molecule has 0 saturated carbocycles. The van der Waals surface area contributed by atoms with Gasteiger partial charge in [-0.3, -0.25) is 0 Å². The molecule has 0 aromatic heterocycles. The highest BCUT2D eigenvalue weighted by Crippen LogP contribution is 2.27. The van der Waals surface area contributed by atoms with Crippen LogP contribution in [0.15, 0.2) is 36.4 Å². The smallest absolute Gasteiger partial charge is 0.123 e. The molecule has 0 spiro atoms. The average Bonchev–Trinajstić information content (AvgIpc) is 3.50. The fraction of sp³-hybridized carbons (Fsp3) is 0.714. The van der Waals surface area contributed by atoms with Crippen molar-refractivity contribution in [1.82, 2.24) is 0 Å². The molecule has 0 radical (unpaired) electrons. The number of ether oxygens (including phenoxy) is 2. The highest BCUT2D eigenvalue weighted by molar-refractivity contribution is 5.28. The van der Waals surface area contributed by atoms with Crippen LogP contribution < -0.4 is 4.74 Å². The molecule has 0 N–H and O–H groups in total. The van der Waals surface area contributed by atoms with Crippen LogP contribution in [0, 0.1) is 0 Å². The van der Waals surface area contributed by atoms with Gasteiger partial charge in [-0.05, 0) is 57.2 Å². The lowest BCUT2D eigenvalue weighted by atomic mass is 10.0. The summed E-state index contributed by atoms with van der Waals surface area (Å²) in [5.41, 5.74) is 1.36. The third-order valence-electron chi connectivity index (χ3n) is 6.15. The predicted octanol–water partition coefficient (Wildman–Crippen LogP) is 8.43. The van der Waals surface area contributed by atoms with E-state index in [0.717, 1.165) is 12.4 Å². The van der Waals surface area contributed by atoms with Gasteiger partial charge in [0.1, 0.15) is 18.0 Å². The van der Waals surface area contributed by atoms with Crippen molar-refractivity contribution in [2.75, 3.05) is 13.2 Å². The second-order valence-corrected chi connectivity index (χ2v) is 9.38. The van der Waals surface area contributed by atoms with Gasteiger partial charge in [-0.25, -0.2) is 0 Å². The topological polar surface area (TPSA) is 21.8 Å². The summed E-state index contributed by atoms with van der Waals surface area (Å²) in [5, 5.41) is 0. The molecule has 0 aliphatic carbocycles. The average molecular weight is 415 g/mol. The van der Waals surface area contributed by atoms with E-state index in [0.29, 0.717) is 6.61 Å². The molecule has 1 aliphatic rings. The van der Waals surface area contributed by atoms with Crippen LogP contribution in [0.2, 0.25) is 0 Å². The number of hydrogen-bond acceptors (Lipinski definition) is 2. The van der Waals surface area contributed by atoms with Crippen molar-refractivity contribution in [2.45, 2.75) is 116 Å². The summed E-state index contributed by atoms with van der Waals surface area (Å²) in [6.45, 7) is 5.70. The molecule has 0 amide bonds. The van der Waals surface area contributed by atoms with Crippen LogP contribution in [0.5, 0.6) is 5.75 Å². The van der Waals surface area contributed by atoms with Gasteiger partial charge >= 0.3 is 0 Å². The Morgan fingerprint density at radius 2 is 1.43 bits per heavy atom. The number of benzene rings is 1. The summed E-state index contributed by atoms with van der Waals surface area (Å²) in [4.78, 5) is 0. The summed E-state index contributed by atoms with van der Waals surface area (Å²) in [5.74, 6) is 0.984. The number of aryl methyl sites for hydroxylation is 1. The number of allylic oxidation sites excluding steroid dienone is 2. The third-order valence-corrected chi connectivity index (χ3v) is 6.15. The molecule has 1 aromatic carbocycles. The van der Waals surface area contributed by atoms with Crippen LogP contribution in [0.3, 0.4) is 0 Å². The number of epoxide rings is 1. The molecular formula is C28H46O2. The van der Waals surface area contributed by atoms with Gasteiger partial charge in [0.05, 0.1) is 6.61 Å². The first-order valence-electron chi connectivity index (χ1n) is 12.7. The largest absolute Gasteiger partial charge is 0.490 e. The highest BCUT2D eigenvalue weighted by Gasteiger charge is 2.40. The van der Waals surface area contributed by atoms with E-state index in [1.165, 1.54) is 102 Å². The standard InChI is InChI=1S/C28H46O2/c1-3-4-5-6-7-8-9-10-11-12-13-14-15-16-17-18-20-26-21-19-22-27(23-26)29-24-28(2)25-30-28/h3-4,19,21-23H,5-18,20,24-25H2,1-2H3/b4-3+. The van der Waals surface area contributed by atoms with Crippen molar-refractivity contribution in [1.29, 1.82) is 0 Å². The lowest BCUT2D eigenvalue weighted by Gasteiger charge is -2.10. The molecule has 1 atom stereocenters. The first-order chi connectivity index (χ1) is 14.7. The number of unbranched alkanes of at least 4 members (excludes halogenated alkanes) is 13. The monoisotopic (exact) mass is 414 g/mol. The van der Waals surface area contributed by atoms with Crippen molar-refractivity contribution in [2.24, 2.45) is 0 Å².